The van der Waals surface area contributed by atoms with Gasteiger partial charge in [0.15, 0.2) is 4.90 Å². The highest BCUT2D eigenvalue weighted by Gasteiger charge is 2.32. The Kier molecular flexibility index (Phi) is 5.07. The summed E-state index contributed by atoms with van der Waals surface area (Å²) in [5, 5.41) is 0. The second kappa shape index (κ2) is 7.16. The van der Waals surface area contributed by atoms with E-state index in [0.29, 0.717) is 11.1 Å². The molecule has 0 aliphatic carbocycles. The maximum absolute atomic E-state index is 14.6. The van der Waals surface area contributed by atoms with Gasteiger partial charge in [-0.15, -0.1) is 0 Å². The number of nitrogens with zero attached hydrogens (tertiary/aromatic N) is 2. The normalized spacial score (nSPS) is 12.8. The molecule has 4 nitrogen and oxygen atoms in total. The van der Waals surface area contributed by atoms with Crippen LogP contribution in [0.4, 0.5) is 23.5 Å². The van der Waals surface area contributed by atoms with Crippen LogP contribution in [0.3, 0.4) is 0 Å². The van der Waals surface area contributed by atoms with E-state index in [1.165, 1.54) is 42.9 Å². The summed E-state index contributed by atoms with van der Waals surface area (Å²) in [5.74, 6) is -0.566. The second-order valence-electron chi connectivity index (χ2n) is 5.69. The zero-order valence-corrected chi connectivity index (χ0v) is 14.7. The largest absolute Gasteiger partial charge is 0.612 e. The third kappa shape index (κ3) is 4.04. The van der Waals surface area contributed by atoms with Crippen LogP contribution in [0.15, 0.2) is 53.7 Å². The molecule has 27 heavy (non-hydrogen) atoms. The maximum Gasteiger partial charge on any atom is 0.416 e. The Morgan fingerprint density at radius 2 is 1.59 bits per heavy atom. The van der Waals surface area contributed by atoms with E-state index in [1.54, 1.807) is 0 Å². The number of alkyl halides is 3. The molecule has 9 heteroatoms. The van der Waals surface area contributed by atoms with Crippen molar-refractivity contribution < 1.29 is 22.1 Å². The van der Waals surface area contributed by atoms with Crippen molar-refractivity contribution in [3.8, 4) is 22.3 Å². The molecule has 3 aromatic rings. The Morgan fingerprint density at radius 3 is 2.15 bits per heavy atom. The standard InChI is InChI=1S/C18H13F4N3OS/c1-27(26)16-7-12(18(20,21)22)3-5-14(16)10-2-4-13(15(19)6-10)11-8-24-17(23)25-9-11/h2-9H,1H3,(H2,23,24,25). The summed E-state index contributed by atoms with van der Waals surface area (Å²) in [5.41, 5.74) is 5.69. The average molecular weight is 395 g/mol. The molecule has 0 bridgehead atoms. The van der Waals surface area contributed by atoms with E-state index in [-0.39, 0.29) is 22.0 Å². The van der Waals surface area contributed by atoms with E-state index in [1.807, 2.05) is 0 Å². The van der Waals surface area contributed by atoms with E-state index < -0.39 is 28.7 Å². The zero-order chi connectivity index (χ0) is 19.8. The fourth-order valence-electron chi connectivity index (χ4n) is 2.57. The topological polar surface area (TPSA) is 74.9 Å². The molecule has 0 spiro atoms. The van der Waals surface area contributed by atoms with Crippen molar-refractivity contribution in [3.63, 3.8) is 0 Å². The summed E-state index contributed by atoms with van der Waals surface area (Å²) in [6, 6.07) is 7.06. The summed E-state index contributed by atoms with van der Waals surface area (Å²) in [7, 11) is 0. The first-order valence-corrected chi connectivity index (χ1v) is 9.15. The van der Waals surface area contributed by atoms with E-state index in [9.17, 15) is 22.1 Å². The van der Waals surface area contributed by atoms with Crippen molar-refractivity contribution in [3.05, 3.63) is 60.2 Å². The molecule has 0 fully saturated rings. The third-order valence-corrected chi connectivity index (χ3v) is 4.84. The van der Waals surface area contributed by atoms with E-state index >= 15 is 0 Å². The first kappa shape index (κ1) is 19.1. The molecule has 1 unspecified atom stereocenters. The summed E-state index contributed by atoms with van der Waals surface area (Å²) in [6.07, 6.45) is -0.553. The van der Waals surface area contributed by atoms with Crippen molar-refractivity contribution in [1.29, 1.82) is 0 Å². The van der Waals surface area contributed by atoms with Gasteiger partial charge >= 0.3 is 6.18 Å². The Hall–Kier alpha value is -2.65. The van der Waals surface area contributed by atoms with Crippen LogP contribution in [-0.2, 0) is 17.4 Å². The quantitative estimate of drug-likeness (QED) is 0.530. The van der Waals surface area contributed by atoms with Gasteiger partial charge in [-0.25, -0.2) is 14.4 Å². The van der Waals surface area contributed by atoms with Gasteiger partial charge in [-0.3, -0.25) is 0 Å². The van der Waals surface area contributed by atoms with E-state index in [4.69, 9.17) is 5.73 Å². The highest BCUT2D eigenvalue weighted by atomic mass is 32.2. The minimum atomic E-state index is -4.56. The van der Waals surface area contributed by atoms with Gasteiger partial charge < -0.3 is 10.3 Å². The van der Waals surface area contributed by atoms with Crippen LogP contribution in [-0.4, -0.2) is 20.8 Å². The monoisotopic (exact) mass is 395 g/mol. The van der Waals surface area contributed by atoms with Gasteiger partial charge in [0.25, 0.3) is 0 Å². The van der Waals surface area contributed by atoms with Crippen LogP contribution >= 0.6 is 0 Å². The van der Waals surface area contributed by atoms with Crippen molar-refractivity contribution in [2.24, 2.45) is 0 Å². The number of halogens is 4. The van der Waals surface area contributed by atoms with E-state index in [2.05, 4.69) is 9.97 Å². The molecule has 2 N–H and O–H groups in total. The smallest absolute Gasteiger partial charge is 0.416 e. The first-order chi connectivity index (χ1) is 12.7. The van der Waals surface area contributed by atoms with Crippen LogP contribution in [0.2, 0.25) is 0 Å². The lowest BCUT2D eigenvalue weighted by Crippen LogP contribution is -2.08. The first-order valence-electron chi connectivity index (χ1n) is 7.59. The lowest BCUT2D eigenvalue weighted by atomic mass is 10.00. The fourth-order valence-corrected chi connectivity index (χ4v) is 3.36. The molecule has 0 aliphatic rings. The van der Waals surface area contributed by atoms with Crippen LogP contribution in [0.25, 0.3) is 22.3 Å². The van der Waals surface area contributed by atoms with Gasteiger partial charge in [0.2, 0.25) is 5.95 Å². The summed E-state index contributed by atoms with van der Waals surface area (Å²) < 4.78 is 65.3. The zero-order valence-electron chi connectivity index (χ0n) is 13.9. The molecule has 140 valence electrons. The Bertz CT molecular complexity index is 975. The highest BCUT2D eigenvalue weighted by molar-refractivity contribution is 7.90. The lowest BCUT2D eigenvalue weighted by molar-refractivity contribution is -0.137. The molecule has 2 aromatic carbocycles. The highest BCUT2D eigenvalue weighted by Crippen LogP contribution is 2.36. The number of hydrogen-bond donors (Lipinski definition) is 1. The molecule has 1 aromatic heterocycles. The van der Waals surface area contributed by atoms with Gasteiger partial charge in [0.1, 0.15) is 12.1 Å². The molecule has 0 saturated carbocycles. The van der Waals surface area contributed by atoms with Crippen LogP contribution in [0.1, 0.15) is 5.56 Å². The fraction of sp³-hybridized carbons (Fsp3) is 0.111. The molecule has 0 aliphatic heterocycles. The number of anilines is 1. The van der Waals surface area contributed by atoms with Gasteiger partial charge in [-0.05, 0) is 34.9 Å². The number of nitrogen functional groups attached to an aromatic ring is 1. The van der Waals surface area contributed by atoms with Gasteiger partial charge in [0, 0.05) is 35.2 Å². The van der Waals surface area contributed by atoms with Crippen molar-refractivity contribution >= 4 is 17.1 Å². The molecular formula is C18H13F4N3OS. The Labute approximate surface area is 155 Å². The minimum Gasteiger partial charge on any atom is -0.612 e. The van der Waals surface area contributed by atoms with E-state index in [0.717, 1.165) is 12.1 Å². The van der Waals surface area contributed by atoms with Crippen molar-refractivity contribution in [1.82, 2.24) is 9.97 Å². The molecular weight excluding hydrogens is 382 g/mol. The number of nitrogens with two attached hydrogens (primary N) is 1. The molecule has 0 saturated heterocycles. The SMILES string of the molecule is C[S+]([O-])c1cc(C(F)(F)F)ccc1-c1ccc(-c2cnc(N)nc2)c(F)c1. The van der Waals surface area contributed by atoms with Crippen LogP contribution < -0.4 is 5.73 Å². The van der Waals surface area contributed by atoms with Crippen molar-refractivity contribution in [2.75, 3.05) is 12.0 Å². The Morgan fingerprint density at radius 1 is 0.963 bits per heavy atom. The minimum absolute atomic E-state index is 0.0206. The molecule has 1 heterocycles. The van der Waals surface area contributed by atoms with Crippen LogP contribution in [0.5, 0.6) is 0 Å². The summed E-state index contributed by atoms with van der Waals surface area (Å²) in [6.45, 7) is 0. The average Bonchev–Trinajstić information content (AvgIpc) is 2.61. The maximum atomic E-state index is 14.6. The molecule has 3 rings (SSSR count). The van der Waals surface area contributed by atoms with Gasteiger partial charge in [0.05, 0.1) is 5.56 Å². The molecule has 1 atom stereocenters. The number of aromatic nitrogens is 2. The lowest BCUT2D eigenvalue weighted by Gasteiger charge is -2.14. The van der Waals surface area contributed by atoms with Crippen molar-refractivity contribution in [2.45, 2.75) is 11.1 Å². The second-order valence-corrected chi connectivity index (χ2v) is 7.04. The molecule has 0 radical (unpaired) electrons. The number of benzene rings is 2. The predicted molar refractivity (Wildman–Crippen MR) is 94.6 cm³/mol. The Balaban J connectivity index is 2.06. The van der Waals surface area contributed by atoms with Gasteiger partial charge in [-0.2, -0.15) is 13.2 Å². The van der Waals surface area contributed by atoms with Crippen LogP contribution in [0, 0.1) is 5.82 Å². The third-order valence-electron chi connectivity index (χ3n) is 3.88. The number of rotatable bonds is 3. The summed E-state index contributed by atoms with van der Waals surface area (Å²) in [4.78, 5) is 7.58. The predicted octanol–water partition coefficient (Wildman–Crippen LogP) is 4.29. The van der Waals surface area contributed by atoms with Gasteiger partial charge in [-0.1, -0.05) is 12.1 Å². The number of hydrogen-bond acceptors (Lipinski definition) is 4. The molecule has 0 amide bonds. The summed E-state index contributed by atoms with van der Waals surface area (Å²) >= 11 is -1.69.